The van der Waals surface area contributed by atoms with E-state index in [-0.39, 0.29) is 0 Å². The Morgan fingerprint density at radius 1 is 1.25 bits per heavy atom. The first-order valence-corrected chi connectivity index (χ1v) is 7.11. The summed E-state index contributed by atoms with van der Waals surface area (Å²) in [5, 5.41) is 3.71. The number of rotatable bonds is 5. The first-order chi connectivity index (χ1) is 7.62. The summed E-state index contributed by atoms with van der Waals surface area (Å²) in [5.74, 6) is 1.00. The summed E-state index contributed by atoms with van der Waals surface area (Å²) in [6.45, 7) is 10.7. The monoisotopic (exact) mass is 224 g/mol. The summed E-state index contributed by atoms with van der Waals surface area (Å²) in [6, 6.07) is 0.838. The van der Waals surface area contributed by atoms with E-state index in [1.54, 1.807) is 0 Å². The zero-order chi connectivity index (χ0) is 11.6. The van der Waals surface area contributed by atoms with Crippen molar-refractivity contribution >= 4 is 0 Å². The Labute approximate surface area is 101 Å². The molecule has 1 N–H and O–H groups in total. The van der Waals surface area contributed by atoms with Gasteiger partial charge in [0.2, 0.25) is 0 Å². The van der Waals surface area contributed by atoms with Crippen molar-refractivity contribution in [2.75, 3.05) is 19.6 Å². The quantitative estimate of drug-likeness (QED) is 0.722. The summed E-state index contributed by atoms with van der Waals surface area (Å²) in [4.78, 5) is 2.77. The molecular formula is C14H28N2. The molecule has 2 aliphatic rings. The molecule has 0 aromatic carbocycles. The van der Waals surface area contributed by atoms with Gasteiger partial charge in [0.05, 0.1) is 0 Å². The van der Waals surface area contributed by atoms with Crippen molar-refractivity contribution in [2.24, 2.45) is 5.92 Å². The van der Waals surface area contributed by atoms with Gasteiger partial charge in [-0.2, -0.15) is 0 Å². The lowest BCUT2D eigenvalue weighted by atomic mass is 9.96. The van der Waals surface area contributed by atoms with Crippen molar-refractivity contribution in [3.05, 3.63) is 0 Å². The van der Waals surface area contributed by atoms with Crippen molar-refractivity contribution in [2.45, 2.75) is 64.5 Å². The molecule has 16 heavy (non-hydrogen) atoms. The zero-order valence-corrected chi connectivity index (χ0v) is 11.3. The Hall–Kier alpha value is -0.0800. The predicted octanol–water partition coefficient (Wildman–Crippen LogP) is 2.64. The minimum absolute atomic E-state index is 0.317. The second-order valence-electron chi connectivity index (χ2n) is 6.35. The van der Waals surface area contributed by atoms with Crippen LogP contribution < -0.4 is 5.32 Å². The number of hydrogen-bond donors (Lipinski definition) is 1. The van der Waals surface area contributed by atoms with Crippen LogP contribution in [0.4, 0.5) is 0 Å². The van der Waals surface area contributed by atoms with Crippen molar-refractivity contribution in [3.63, 3.8) is 0 Å². The molecule has 0 radical (unpaired) electrons. The second-order valence-corrected chi connectivity index (χ2v) is 6.35. The largest absolute Gasteiger partial charge is 0.309 e. The molecule has 1 atom stereocenters. The highest BCUT2D eigenvalue weighted by atomic mass is 15.3. The molecule has 94 valence electrons. The summed E-state index contributed by atoms with van der Waals surface area (Å²) < 4.78 is 0. The third-order valence-corrected chi connectivity index (χ3v) is 4.07. The Bertz CT molecular complexity index is 221. The number of piperazine rings is 1. The van der Waals surface area contributed by atoms with Crippen LogP contribution in [0.5, 0.6) is 0 Å². The first-order valence-electron chi connectivity index (χ1n) is 7.11. The molecule has 1 saturated carbocycles. The number of nitrogens with one attached hydrogen (secondary N) is 1. The molecule has 0 aromatic heterocycles. The molecule has 1 heterocycles. The third kappa shape index (κ3) is 3.21. The van der Waals surface area contributed by atoms with Gasteiger partial charge >= 0.3 is 0 Å². The van der Waals surface area contributed by atoms with Gasteiger partial charge in [0.25, 0.3) is 0 Å². The third-order valence-electron chi connectivity index (χ3n) is 4.07. The molecule has 1 aliphatic carbocycles. The molecule has 1 saturated heterocycles. The fourth-order valence-corrected chi connectivity index (χ4v) is 2.95. The molecule has 0 aromatic rings. The SMILES string of the molecule is CCCCCN1CC(C)(C)NCC1C1CC1. The van der Waals surface area contributed by atoms with Crippen LogP contribution in [0.1, 0.15) is 52.9 Å². The van der Waals surface area contributed by atoms with Crippen LogP contribution in [0.3, 0.4) is 0 Å². The number of nitrogens with zero attached hydrogens (tertiary/aromatic N) is 1. The molecule has 1 aliphatic heterocycles. The fourth-order valence-electron chi connectivity index (χ4n) is 2.95. The molecule has 2 fully saturated rings. The van der Waals surface area contributed by atoms with Gasteiger partial charge in [-0.3, -0.25) is 4.90 Å². The van der Waals surface area contributed by atoms with Crippen LogP contribution in [0, 0.1) is 5.92 Å². The van der Waals surface area contributed by atoms with E-state index in [2.05, 4.69) is 31.0 Å². The Morgan fingerprint density at radius 2 is 2.00 bits per heavy atom. The molecule has 2 heteroatoms. The predicted molar refractivity (Wildman–Crippen MR) is 69.7 cm³/mol. The van der Waals surface area contributed by atoms with Gasteiger partial charge in [-0.1, -0.05) is 19.8 Å². The lowest BCUT2D eigenvalue weighted by Crippen LogP contribution is -2.62. The van der Waals surface area contributed by atoms with Crippen LogP contribution in [-0.4, -0.2) is 36.1 Å². The Morgan fingerprint density at radius 3 is 2.62 bits per heavy atom. The normalized spacial score (nSPS) is 30.6. The van der Waals surface area contributed by atoms with Gasteiger partial charge in [-0.05, 0) is 45.6 Å². The van der Waals surface area contributed by atoms with Crippen LogP contribution >= 0.6 is 0 Å². The van der Waals surface area contributed by atoms with Crippen LogP contribution in [0.2, 0.25) is 0 Å². The highest BCUT2D eigenvalue weighted by molar-refractivity contribution is 4.98. The van der Waals surface area contributed by atoms with E-state index in [9.17, 15) is 0 Å². The average molecular weight is 224 g/mol. The van der Waals surface area contributed by atoms with Gasteiger partial charge < -0.3 is 5.32 Å². The molecule has 0 bridgehead atoms. The summed E-state index contributed by atoms with van der Waals surface area (Å²) in [6.07, 6.45) is 7.05. The van der Waals surface area contributed by atoms with Crippen molar-refractivity contribution < 1.29 is 0 Å². The van der Waals surface area contributed by atoms with E-state index < -0.39 is 0 Å². The lowest BCUT2D eigenvalue weighted by Gasteiger charge is -2.45. The lowest BCUT2D eigenvalue weighted by molar-refractivity contribution is 0.0811. The molecular weight excluding hydrogens is 196 g/mol. The fraction of sp³-hybridized carbons (Fsp3) is 1.00. The van der Waals surface area contributed by atoms with Gasteiger partial charge in [0, 0.05) is 24.7 Å². The van der Waals surface area contributed by atoms with Gasteiger partial charge in [0.1, 0.15) is 0 Å². The zero-order valence-electron chi connectivity index (χ0n) is 11.3. The second kappa shape index (κ2) is 5.05. The minimum atomic E-state index is 0.317. The van der Waals surface area contributed by atoms with Crippen LogP contribution in [-0.2, 0) is 0 Å². The summed E-state index contributed by atoms with van der Waals surface area (Å²) in [7, 11) is 0. The molecule has 2 nitrogen and oxygen atoms in total. The maximum absolute atomic E-state index is 3.71. The molecule has 1 unspecified atom stereocenters. The van der Waals surface area contributed by atoms with Crippen molar-refractivity contribution in [3.8, 4) is 0 Å². The van der Waals surface area contributed by atoms with Crippen molar-refractivity contribution in [1.82, 2.24) is 10.2 Å². The van der Waals surface area contributed by atoms with Crippen LogP contribution in [0.15, 0.2) is 0 Å². The van der Waals surface area contributed by atoms with E-state index in [4.69, 9.17) is 0 Å². The number of hydrogen-bond acceptors (Lipinski definition) is 2. The van der Waals surface area contributed by atoms with E-state index in [1.807, 2.05) is 0 Å². The Kier molecular flexibility index (Phi) is 3.91. The van der Waals surface area contributed by atoms with Gasteiger partial charge in [-0.15, -0.1) is 0 Å². The van der Waals surface area contributed by atoms with Crippen LogP contribution in [0.25, 0.3) is 0 Å². The average Bonchev–Trinajstić information content (AvgIpc) is 3.01. The highest BCUT2D eigenvalue weighted by Gasteiger charge is 2.40. The topological polar surface area (TPSA) is 15.3 Å². The first kappa shape index (κ1) is 12.4. The minimum Gasteiger partial charge on any atom is -0.309 e. The molecule has 0 spiro atoms. The molecule has 0 amide bonds. The standard InChI is InChI=1S/C14H28N2/c1-4-5-6-9-16-11-14(2,3)15-10-13(16)12-7-8-12/h12-13,15H,4-11H2,1-3H3. The Balaban J connectivity index is 1.86. The highest BCUT2D eigenvalue weighted by Crippen LogP contribution is 2.37. The van der Waals surface area contributed by atoms with Gasteiger partial charge in [-0.25, -0.2) is 0 Å². The maximum Gasteiger partial charge on any atom is 0.0252 e. The summed E-state index contributed by atoms with van der Waals surface area (Å²) >= 11 is 0. The van der Waals surface area contributed by atoms with E-state index in [0.29, 0.717) is 5.54 Å². The number of unbranched alkanes of at least 4 members (excludes halogenated alkanes) is 2. The van der Waals surface area contributed by atoms with E-state index >= 15 is 0 Å². The van der Waals surface area contributed by atoms with E-state index in [0.717, 1.165) is 12.0 Å². The summed E-state index contributed by atoms with van der Waals surface area (Å²) in [5.41, 5.74) is 0.317. The smallest absolute Gasteiger partial charge is 0.0252 e. The molecule has 2 rings (SSSR count). The van der Waals surface area contributed by atoms with Crippen molar-refractivity contribution in [1.29, 1.82) is 0 Å². The van der Waals surface area contributed by atoms with Gasteiger partial charge in [0.15, 0.2) is 0 Å². The maximum atomic E-state index is 3.71. The van der Waals surface area contributed by atoms with E-state index in [1.165, 1.54) is 51.7 Å².